The maximum absolute atomic E-state index is 12.5. The molecule has 0 aliphatic heterocycles. The molecule has 1 heterocycles. The topological polar surface area (TPSA) is 83.2 Å². The first-order valence-electron chi connectivity index (χ1n) is 9.80. The van der Waals surface area contributed by atoms with Gasteiger partial charge in [-0.25, -0.2) is 0 Å². The van der Waals surface area contributed by atoms with E-state index in [1.165, 1.54) is 6.26 Å². The molecule has 2 atom stereocenters. The summed E-state index contributed by atoms with van der Waals surface area (Å²) in [5, 5.41) is 11.1. The predicted molar refractivity (Wildman–Crippen MR) is 109 cm³/mol. The summed E-state index contributed by atoms with van der Waals surface area (Å²) in [6, 6.07) is 1.15. The fraction of sp³-hybridized carbons (Fsp3) is 0.591. The number of amides is 1. The van der Waals surface area contributed by atoms with Crippen LogP contribution in [0.4, 0.5) is 0 Å². The average molecular weight is 375 g/mol. The summed E-state index contributed by atoms with van der Waals surface area (Å²) in [5.41, 5.74) is 1.68. The number of aryl methyl sites for hydroxylation is 1. The molecule has 0 spiro atoms. The van der Waals surface area contributed by atoms with Crippen LogP contribution in [-0.4, -0.2) is 23.4 Å². The normalized spacial score (nSPS) is 14.3. The second kappa shape index (κ2) is 10.2. The van der Waals surface area contributed by atoms with Crippen molar-refractivity contribution >= 4 is 17.4 Å². The molecule has 150 valence electrons. The van der Waals surface area contributed by atoms with Crippen LogP contribution in [0.25, 0.3) is 0 Å². The van der Waals surface area contributed by atoms with Crippen molar-refractivity contribution in [1.29, 1.82) is 5.41 Å². The number of nitrogens with one attached hydrogen (secondary N) is 2. The van der Waals surface area contributed by atoms with Crippen molar-refractivity contribution in [2.24, 2.45) is 5.41 Å². The van der Waals surface area contributed by atoms with E-state index in [9.17, 15) is 9.59 Å². The molecular weight excluding hydrogens is 340 g/mol. The van der Waals surface area contributed by atoms with Gasteiger partial charge in [-0.05, 0) is 31.2 Å². The second-order valence-electron chi connectivity index (χ2n) is 7.50. The number of carbonyl (C=O) groups is 2. The van der Waals surface area contributed by atoms with Crippen molar-refractivity contribution in [2.45, 2.75) is 79.2 Å². The fourth-order valence-corrected chi connectivity index (χ4v) is 3.37. The molecule has 0 saturated heterocycles. The van der Waals surface area contributed by atoms with Crippen LogP contribution in [0.5, 0.6) is 0 Å². The highest BCUT2D eigenvalue weighted by Crippen LogP contribution is 2.36. The number of hydrogen-bond donors (Lipinski definition) is 2. The summed E-state index contributed by atoms with van der Waals surface area (Å²) >= 11 is 0. The lowest BCUT2D eigenvalue weighted by Crippen LogP contribution is -2.44. The standard InChI is InChI=1S/C22H34N2O3/c1-7-11-22(6,15(4)5)14-18(19(25)8-2)24-21(26)13-17(23)16-10-12-27-20(16)9-3/h10,12,18,23H,4,7-9,11,13-14H2,1-3,5-6H3,(H,24,26). The van der Waals surface area contributed by atoms with E-state index < -0.39 is 6.04 Å². The maximum Gasteiger partial charge on any atom is 0.226 e. The van der Waals surface area contributed by atoms with Crippen molar-refractivity contribution in [1.82, 2.24) is 5.32 Å². The van der Waals surface area contributed by atoms with Crippen molar-refractivity contribution in [2.75, 3.05) is 0 Å². The summed E-state index contributed by atoms with van der Waals surface area (Å²) in [7, 11) is 0. The number of furan rings is 1. The minimum atomic E-state index is -0.557. The molecule has 0 aliphatic carbocycles. The van der Waals surface area contributed by atoms with Gasteiger partial charge >= 0.3 is 0 Å². The van der Waals surface area contributed by atoms with Crippen LogP contribution >= 0.6 is 0 Å². The van der Waals surface area contributed by atoms with E-state index >= 15 is 0 Å². The van der Waals surface area contributed by atoms with Crippen LogP contribution in [0.15, 0.2) is 28.9 Å². The molecule has 1 rings (SSSR count). The van der Waals surface area contributed by atoms with Crippen molar-refractivity contribution in [3.05, 3.63) is 35.8 Å². The van der Waals surface area contributed by atoms with E-state index in [2.05, 4.69) is 25.7 Å². The monoisotopic (exact) mass is 374 g/mol. The van der Waals surface area contributed by atoms with E-state index in [4.69, 9.17) is 9.83 Å². The molecule has 1 aromatic rings. The van der Waals surface area contributed by atoms with Crippen LogP contribution in [-0.2, 0) is 16.0 Å². The van der Waals surface area contributed by atoms with Gasteiger partial charge in [0.15, 0.2) is 5.78 Å². The van der Waals surface area contributed by atoms with Gasteiger partial charge in [0.2, 0.25) is 5.91 Å². The first-order valence-corrected chi connectivity index (χ1v) is 9.80. The third kappa shape index (κ3) is 6.19. The van der Waals surface area contributed by atoms with Gasteiger partial charge in [-0.15, -0.1) is 0 Å². The minimum absolute atomic E-state index is 0.0102. The van der Waals surface area contributed by atoms with Crippen molar-refractivity contribution in [3.63, 3.8) is 0 Å². The van der Waals surface area contributed by atoms with Gasteiger partial charge < -0.3 is 15.1 Å². The van der Waals surface area contributed by atoms with E-state index in [1.54, 1.807) is 13.0 Å². The molecule has 0 aliphatic rings. The highest BCUT2D eigenvalue weighted by Gasteiger charge is 2.32. The Hall–Kier alpha value is -2.17. The van der Waals surface area contributed by atoms with Crippen LogP contribution in [0.2, 0.25) is 0 Å². The number of carbonyl (C=O) groups excluding carboxylic acids is 2. The number of Topliss-reactive ketones (excluding diaryl/α,β-unsaturated/α-hetero) is 1. The Morgan fingerprint density at radius 3 is 2.52 bits per heavy atom. The molecule has 0 aromatic carbocycles. The zero-order chi connectivity index (χ0) is 20.6. The Kier molecular flexibility index (Phi) is 8.67. The summed E-state index contributed by atoms with van der Waals surface area (Å²) in [6.45, 7) is 14.0. The lowest BCUT2D eigenvalue weighted by molar-refractivity contribution is -0.127. The average Bonchev–Trinajstić information content (AvgIpc) is 3.09. The SMILES string of the molecule is C=C(C)C(C)(CCC)CC(NC(=O)CC(=N)c1ccoc1CC)C(=O)CC. The Morgan fingerprint density at radius 2 is 2.00 bits per heavy atom. The van der Waals surface area contributed by atoms with E-state index in [1.807, 2.05) is 13.8 Å². The van der Waals surface area contributed by atoms with Gasteiger partial charge in [0.25, 0.3) is 0 Å². The molecule has 27 heavy (non-hydrogen) atoms. The Balaban J connectivity index is 2.87. The second-order valence-corrected chi connectivity index (χ2v) is 7.50. The molecule has 2 unspecified atom stereocenters. The number of allylic oxidation sites excluding steroid dienone is 1. The summed E-state index contributed by atoms with van der Waals surface area (Å²) in [5.74, 6) is 0.401. The summed E-state index contributed by atoms with van der Waals surface area (Å²) < 4.78 is 5.34. The predicted octanol–water partition coefficient (Wildman–Crippen LogP) is 4.84. The lowest BCUT2D eigenvalue weighted by Gasteiger charge is -2.34. The molecule has 1 aromatic heterocycles. The molecular formula is C22H34N2O3. The molecule has 0 fully saturated rings. The summed E-state index contributed by atoms with van der Waals surface area (Å²) in [6.07, 6.45) is 4.92. The fourth-order valence-electron chi connectivity index (χ4n) is 3.37. The van der Waals surface area contributed by atoms with Gasteiger partial charge in [0.05, 0.1) is 24.4 Å². The van der Waals surface area contributed by atoms with Crippen LogP contribution in [0.1, 0.15) is 78.0 Å². The smallest absolute Gasteiger partial charge is 0.226 e. The maximum atomic E-state index is 12.5. The molecule has 1 amide bonds. The molecule has 0 saturated carbocycles. The highest BCUT2D eigenvalue weighted by atomic mass is 16.3. The van der Waals surface area contributed by atoms with Crippen LogP contribution in [0, 0.1) is 10.8 Å². The highest BCUT2D eigenvalue weighted by molar-refractivity contribution is 6.09. The van der Waals surface area contributed by atoms with Gasteiger partial charge in [0, 0.05) is 18.4 Å². The molecule has 5 nitrogen and oxygen atoms in total. The largest absolute Gasteiger partial charge is 0.469 e. The zero-order valence-corrected chi connectivity index (χ0v) is 17.4. The van der Waals surface area contributed by atoms with E-state index in [0.717, 1.165) is 18.4 Å². The number of rotatable bonds is 12. The minimum Gasteiger partial charge on any atom is -0.469 e. The first-order chi connectivity index (χ1) is 12.7. The van der Waals surface area contributed by atoms with Gasteiger partial charge in [0.1, 0.15) is 5.76 Å². The van der Waals surface area contributed by atoms with Gasteiger partial charge in [-0.1, -0.05) is 46.3 Å². The number of ketones is 1. The lowest BCUT2D eigenvalue weighted by atomic mass is 9.74. The van der Waals surface area contributed by atoms with Gasteiger partial charge in [-0.3, -0.25) is 9.59 Å². The molecule has 5 heteroatoms. The van der Waals surface area contributed by atoms with Crippen LogP contribution < -0.4 is 5.32 Å². The zero-order valence-electron chi connectivity index (χ0n) is 17.4. The van der Waals surface area contributed by atoms with Gasteiger partial charge in [-0.2, -0.15) is 0 Å². The van der Waals surface area contributed by atoms with Crippen molar-refractivity contribution in [3.8, 4) is 0 Å². The van der Waals surface area contributed by atoms with Crippen molar-refractivity contribution < 1.29 is 14.0 Å². The first kappa shape index (κ1) is 22.9. The Morgan fingerprint density at radius 1 is 1.33 bits per heavy atom. The van der Waals surface area contributed by atoms with E-state index in [0.29, 0.717) is 30.6 Å². The quantitative estimate of drug-likeness (QED) is 0.406. The Bertz CT molecular complexity index is 689. The molecule has 0 bridgehead atoms. The third-order valence-electron chi connectivity index (χ3n) is 5.29. The number of hydrogen-bond acceptors (Lipinski definition) is 4. The van der Waals surface area contributed by atoms with E-state index in [-0.39, 0.29) is 29.2 Å². The molecule has 0 radical (unpaired) electrons. The van der Waals surface area contributed by atoms with Crippen LogP contribution in [0.3, 0.4) is 0 Å². The summed E-state index contributed by atoms with van der Waals surface area (Å²) in [4.78, 5) is 25.0. The third-order valence-corrected chi connectivity index (χ3v) is 5.29. The molecule has 2 N–H and O–H groups in total. The Labute approximate surface area is 163 Å².